The molecule has 1 unspecified atom stereocenters. The van der Waals surface area contributed by atoms with Crippen LogP contribution in [-0.2, 0) is 11.3 Å². The molecule has 0 spiro atoms. The van der Waals surface area contributed by atoms with Gasteiger partial charge >= 0.3 is 0 Å². The minimum Gasteiger partial charge on any atom is -0.350 e. The molecule has 4 nitrogen and oxygen atoms in total. The van der Waals surface area contributed by atoms with Crippen LogP contribution in [0.3, 0.4) is 0 Å². The monoisotopic (exact) mass is 295 g/mol. The van der Waals surface area contributed by atoms with E-state index in [0.29, 0.717) is 19.1 Å². The number of amides is 1. The molecule has 0 radical (unpaired) electrons. The van der Waals surface area contributed by atoms with Crippen molar-refractivity contribution >= 4 is 17.2 Å². The average molecular weight is 295 g/mol. The Morgan fingerprint density at radius 3 is 3.15 bits per heavy atom. The first-order valence-electron chi connectivity index (χ1n) is 7.52. The van der Waals surface area contributed by atoms with Crippen molar-refractivity contribution in [1.82, 2.24) is 15.5 Å². The van der Waals surface area contributed by atoms with Gasteiger partial charge < -0.3 is 10.6 Å². The van der Waals surface area contributed by atoms with Gasteiger partial charge in [-0.25, -0.2) is 0 Å². The van der Waals surface area contributed by atoms with E-state index in [4.69, 9.17) is 0 Å². The van der Waals surface area contributed by atoms with Crippen LogP contribution in [0, 0.1) is 0 Å². The number of hydrogen-bond donors (Lipinski definition) is 2. The van der Waals surface area contributed by atoms with Crippen molar-refractivity contribution in [3.8, 4) is 0 Å². The first-order chi connectivity index (χ1) is 9.78. The SMILES string of the molecule is CCCN(CC(=O)NCc1cccs1)CC1CCCN1. The van der Waals surface area contributed by atoms with Gasteiger partial charge in [-0.05, 0) is 43.8 Å². The molecular weight excluding hydrogens is 270 g/mol. The number of carbonyl (C=O) groups is 1. The minimum absolute atomic E-state index is 0.129. The molecule has 2 N–H and O–H groups in total. The predicted molar refractivity (Wildman–Crippen MR) is 83.9 cm³/mol. The number of carbonyl (C=O) groups excluding carboxylic acids is 1. The molecule has 5 heteroatoms. The molecule has 0 bridgehead atoms. The quantitative estimate of drug-likeness (QED) is 0.769. The topological polar surface area (TPSA) is 44.4 Å². The zero-order valence-corrected chi connectivity index (χ0v) is 13.0. The van der Waals surface area contributed by atoms with Gasteiger partial charge in [-0.1, -0.05) is 13.0 Å². The highest BCUT2D eigenvalue weighted by molar-refractivity contribution is 7.09. The van der Waals surface area contributed by atoms with Gasteiger partial charge in [0.05, 0.1) is 13.1 Å². The summed E-state index contributed by atoms with van der Waals surface area (Å²) in [6.07, 6.45) is 3.58. The lowest BCUT2D eigenvalue weighted by atomic mass is 10.2. The third-order valence-electron chi connectivity index (χ3n) is 3.59. The summed E-state index contributed by atoms with van der Waals surface area (Å²) >= 11 is 1.68. The predicted octanol–water partition coefficient (Wildman–Crippen LogP) is 1.83. The first-order valence-corrected chi connectivity index (χ1v) is 8.40. The van der Waals surface area contributed by atoms with Gasteiger partial charge in [0.2, 0.25) is 5.91 Å². The van der Waals surface area contributed by atoms with Crippen molar-refractivity contribution in [2.24, 2.45) is 0 Å². The van der Waals surface area contributed by atoms with Crippen molar-refractivity contribution < 1.29 is 4.79 Å². The van der Waals surface area contributed by atoms with Gasteiger partial charge in [0.1, 0.15) is 0 Å². The summed E-state index contributed by atoms with van der Waals surface area (Å²) in [6, 6.07) is 4.63. The number of thiophene rings is 1. The summed E-state index contributed by atoms with van der Waals surface area (Å²) < 4.78 is 0. The first kappa shape index (κ1) is 15.5. The fourth-order valence-electron chi connectivity index (χ4n) is 2.63. The number of hydrogen-bond acceptors (Lipinski definition) is 4. The number of nitrogens with zero attached hydrogens (tertiary/aromatic N) is 1. The van der Waals surface area contributed by atoms with Crippen LogP contribution in [-0.4, -0.2) is 43.0 Å². The summed E-state index contributed by atoms with van der Waals surface area (Å²) in [4.78, 5) is 15.5. The van der Waals surface area contributed by atoms with E-state index in [1.54, 1.807) is 11.3 Å². The Hall–Kier alpha value is -0.910. The zero-order chi connectivity index (χ0) is 14.2. The highest BCUT2D eigenvalue weighted by Crippen LogP contribution is 2.08. The van der Waals surface area contributed by atoms with Crippen LogP contribution in [0.2, 0.25) is 0 Å². The van der Waals surface area contributed by atoms with Crippen LogP contribution in [0.1, 0.15) is 31.1 Å². The fourth-order valence-corrected chi connectivity index (χ4v) is 3.28. The van der Waals surface area contributed by atoms with Crippen LogP contribution < -0.4 is 10.6 Å². The van der Waals surface area contributed by atoms with E-state index in [1.807, 2.05) is 11.4 Å². The molecule has 1 aliphatic heterocycles. The van der Waals surface area contributed by atoms with E-state index >= 15 is 0 Å². The summed E-state index contributed by atoms with van der Waals surface area (Å²) in [7, 11) is 0. The standard InChI is InChI=1S/C15H25N3OS/c1-2-8-18(11-13-5-3-7-16-13)12-15(19)17-10-14-6-4-9-20-14/h4,6,9,13,16H,2-3,5,7-8,10-12H2,1H3,(H,17,19). The molecule has 112 valence electrons. The lowest BCUT2D eigenvalue weighted by Gasteiger charge is -2.24. The Bertz CT molecular complexity index is 388. The molecule has 1 aromatic rings. The van der Waals surface area contributed by atoms with Crippen LogP contribution in [0.15, 0.2) is 17.5 Å². The molecule has 1 saturated heterocycles. The van der Waals surface area contributed by atoms with Crippen LogP contribution in [0.25, 0.3) is 0 Å². The van der Waals surface area contributed by atoms with Gasteiger partial charge in [0.15, 0.2) is 0 Å². The second-order valence-corrected chi connectivity index (χ2v) is 6.42. The van der Waals surface area contributed by atoms with Gasteiger partial charge in [-0.2, -0.15) is 0 Å². The summed E-state index contributed by atoms with van der Waals surface area (Å²) in [5.41, 5.74) is 0. The van der Waals surface area contributed by atoms with Gasteiger partial charge in [0.25, 0.3) is 0 Å². The molecule has 2 heterocycles. The maximum atomic E-state index is 12.0. The van der Waals surface area contributed by atoms with Crippen LogP contribution in [0.4, 0.5) is 0 Å². The molecule has 1 aromatic heterocycles. The maximum absolute atomic E-state index is 12.0. The molecule has 0 aliphatic carbocycles. The van der Waals surface area contributed by atoms with Crippen molar-refractivity contribution in [2.45, 2.75) is 38.8 Å². The van der Waals surface area contributed by atoms with E-state index in [9.17, 15) is 4.79 Å². The fraction of sp³-hybridized carbons (Fsp3) is 0.667. The smallest absolute Gasteiger partial charge is 0.234 e. The Morgan fingerprint density at radius 2 is 2.50 bits per heavy atom. The van der Waals surface area contributed by atoms with Gasteiger partial charge in [-0.3, -0.25) is 9.69 Å². The average Bonchev–Trinajstić information content (AvgIpc) is 3.09. The molecule has 0 aromatic carbocycles. The van der Waals surface area contributed by atoms with E-state index in [-0.39, 0.29) is 5.91 Å². The minimum atomic E-state index is 0.129. The second kappa shape index (κ2) is 8.39. The van der Waals surface area contributed by atoms with E-state index in [0.717, 1.165) is 26.1 Å². The van der Waals surface area contributed by atoms with E-state index < -0.39 is 0 Å². The van der Waals surface area contributed by atoms with E-state index in [2.05, 4.69) is 28.5 Å². The third kappa shape index (κ3) is 5.23. The Kier molecular flexibility index (Phi) is 6.50. The second-order valence-electron chi connectivity index (χ2n) is 5.38. The summed E-state index contributed by atoms with van der Waals surface area (Å²) in [5.74, 6) is 0.129. The summed E-state index contributed by atoms with van der Waals surface area (Å²) in [6.45, 7) is 6.42. The molecule has 20 heavy (non-hydrogen) atoms. The molecule has 1 fully saturated rings. The van der Waals surface area contributed by atoms with Crippen molar-refractivity contribution in [2.75, 3.05) is 26.2 Å². The molecule has 1 aliphatic rings. The van der Waals surface area contributed by atoms with Crippen LogP contribution >= 0.6 is 11.3 Å². The largest absolute Gasteiger partial charge is 0.350 e. The molecule has 1 atom stereocenters. The van der Waals surface area contributed by atoms with Crippen molar-refractivity contribution in [1.29, 1.82) is 0 Å². The van der Waals surface area contributed by atoms with Gasteiger partial charge in [0, 0.05) is 17.5 Å². The van der Waals surface area contributed by atoms with Crippen molar-refractivity contribution in [3.63, 3.8) is 0 Å². The molecule has 0 saturated carbocycles. The lowest BCUT2D eigenvalue weighted by Crippen LogP contribution is -2.43. The highest BCUT2D eigenvalue weighted by Gasteiger charge is 2.19. The Balaban J connectivity index is 1.72. The molecule has 1 amide bonds. The number of nitrogens with one attached hydrogen (secondary N) is 2. The zero-order valence-electron chi connectivity index (χ0n) is 12.2. The van der Waals surface area contributed by atoms with Gasteiger partial charge in [-0.15, -0.1) is 11.3 Å². The molecule has 2 rings (SSSR count). The Morgan fingerprint density at radius 1 is 1.60 bits per heavy atom. The lowest BCUT2D eigenvalue weighted by molar-refractivity contribution is -0.122. The maximum Gasteiger partial charge on any atom is 0.234 e. The van der Waals surface area contributed by atoms with E-state index in [1.165, 1.54) is 17.7 Å². The third-order valence-corrected chi connectivity index (χ3v) is 4.46. The molecular formula is C15H25N3OS. The number of rotatable bonds is 8. The normalized spacial score (nSPS) is 18.6. The highest BCUT2D eigenvalue weighted by atomic mass is 32.1. The Labute approximate surface area is 125 Å². The summed E-state index contributed by atoms with van der Waals surface area (Å²) in [5, 5.41) is 8.55. The van der Waals surface area contributed by atoms with Crippen LogP contribution in [0.5, 0.6) is 0 Å². The van der Waals surface area contributed by atoms with Crippen molar-refractivity contribution in [3.05, 3.63) is 22.4 Å².